The molecule has 0 aliphatic rings. The number of nitrogens with zero attached hydrogens (tertiary/aromatic N) is 3. The summed E-state index contributed by atoms with van der Waals surface area (Å²) in [6.45, 7) is 5.14. The minimum Gasteiger partial charge on any atom is -0.306 e. The number of hydrogen-bond donors (Lipinski definition) is 1. The Labute approximate surface area is 108 Å². The van der Waals surface area contributed by atoms with Gasteiger partial charge < -0.3 is 5.32 Å². The van der Waals surface area contributed by atoms with Crippen LogP contribution in [-0.2, 0) is 6.42 Å². The van der Waals surface area contributed by atoms with Gasteiger partial charge in [-0.05, 0) is 30.2 Å². The van der Waals surface area contributed by atoms with Gasteiger partial charge in [-0.15, -0.1) is 0 Å². The summed E-state index contributed by atoms with van der Waals surface area (Å²) in [6.07, 6.45) is 10.0. The molecule has 4 nitrogen and oxygen atoms in total. The molecule has 1 atom stereocenters. The van der Waals surface area contributed by atoms with Crippen LogP contribution in [-0.4, -0.2) is 21.5 Å². The molecule has 0 aliphatic heterocycles. The van der Waals surface area contributed by atoms with Crippen molar-refractivity contribution < 1.29 is 0 Å². The smallest absolute Gasteiger partial charge is 0.115 e. The molecule has 0 fully saturated rings. The lowest BCUT2D eigenvalue weighted by molar-refractivity contribution is 0.620. The van der Waals surface area contributed by atoms with Gasteiger partial charge in [0.2, 0.25) is 0 Å². The van der Waals surface area contributed by atoms with E-state index in [1.807, 2.05) is 24.8 Å². The highest BCUT2D eigenvalue weighted by Gasteiger charge is 2.16. The molecular weight excluding hydrogens is 224 g/mol. The first kappa shape index (κ1) is 12.6. The summed E-state index contributed by atoms with van der Waals surface area (Å²) in [5, 5.41) is 3.48. The Hall–Kier alpha value is -1.81. The highest BCUT2D eigenvalue weighted by Crippen LogP contribution is 2.23. The van der Waals surface area contributed by atoms with Crippen molar-refractivity contribution in [3.05, 3.63) is 53.9 Å². The summed E-state index contributed by atoms with van der Waals surface area (Å²) in [4.78, 5) is 12.4. The van der Waals surface area contributed by atoms with Gasteiger partial charge in [-0.1, -0.05) is 13.8 Å². The van der Waals surface area contributed by atoms with Crippen molar-refractivity contribution in [3.63, 3.8) is 0 Å². The standard InChI is InChI=1S/C14H18N4/c1-3-11-7-15-6-5-13(11)14(18-4-2)12-8-16-10-17-9-12/h5-10,14,18H,3-4H2,1-2H3. The van der Waals surface area contributed by atoms with E-state index in [2.05, 4.69) is 40.2 Å². The minimum absolute atomic E-state index is 0.133. The molecule has 0 saturated heterocycles. The maximum absolute atomic E-state index is 4.19. The first-order chi connectivity index (χ1) is 8.86. The molecule has 1 N–H and O–H groups in total. The van der Waals surface area contributed by atoms with Gasteiger partial charge in [-0.2, -0.15) is 0 Å². The lowest BCUT2D eigenvalue weighted by Crippen LogP contribution is -2.23. The lowest BCUT2D eigenvalue weighted by atomic mass is 9.96. The van der Waals surface area contributed by atoms with Gasteiger partial charge in [0.05, 0.1) is 6.04 Å². The molecule has 0 aromatic carbocycles. The average Bonchev–Trinajstić information content (AvgIpc) is 2.46. The van der Waals surface area contributed by atoms with E-state index in [4.69, 9.17) is 0 Å². The molecule has 0 radical (unpaired) electrons. The van der Waals surface area contributed by atoms with E-state index in [9.17, 15) is 0 Å². The summed E-state index contributed by atoms with van der Waals surface area (Å²) in [7, 11) is 0. The Morgan fingerprint density at radius 1 is 1.11 bits per heavy atom. The summed E-state index contributed by atoms with van der Waals surface area (Å²) < 4.78 is 0. The van der Waals surface area contributed by atoms with Crippen molar-refractivity contribution in [3.8, 4) is 0 Å². The second kappa shape index (κ2) is 6.21. The van der Waals surface area contributed by atoms with Crippen molar-refractivity contribution in [1.29, 1.82) is 0 Å². The SMILES string of the molecule is CCNC(c1cncnc1)c1ccncc1CC. The normalized spacial score (nSPS) is 12.3. The molecule has 0 spiro atoms. The van der Waals surface area contributed by atoms with E-state index in [1.165, 1.54) is 11.1 Å². The average molecular weight is 242 g/mol. The van der Waals surface area contributed by atoms with Gasteiger partial charge in [-0.3, -0.25) is 4.98 Å². The molecule has 0 aliphatic carbocycles. The number of pyridine rings is 1. The summed E-state index contributed by atoms with van der Waals surface area (Å²) in [6, 6.07) is 2.20. The topological polar surface area (TPSA) is 50.7 Å². The second-order valence-corrected chi connectivity index (χ2v) is 4.09. The first-order valence-electron chi connectivity index (χ1n) is 6.27. The van der Waals surface area contributed by atoms with Crippen molar-refractivity contribution >= 4 is 0 Å². The van der Waals surface area contributed by atoms with Gasteiger partial charge in [0, 0.05) is 30.4 Å². The Morgan fingerprint density at radius 2 is 1.89 bits per heavy atom. The molecule has 4 heteroatoms. The molecule has 94 valence electrons. The van der Waals surface area contributed by atoms with E-state index < -0.39 is 0 Å². The predicted molar refractivity (Wildman–Crippen MR) is 71.2 cm³/mol. The van der Waals surface area contributed by atoms with Crippen LogP contribution in [0.5, 0.6) is 0 Å². The van der Waals surface area contributed by atoms with Crippen molar-refractivity contribution in [2.24, 2.45) is 0 Å². The number of aromatic nitrogens is 3. The molecule has 0 bridgehead atoms. The van der Waals surface area contributed by atoms with Crippen LogP contribution >= 0.6 is 0 Å². The Bertz CT molecular complexity index is 484. The van der Waals surface area contributed by atoms with Crippen LogP contribution in [0, 0.1) is 0 Å². The zero-order valence-electron chi connectivity index (χ0n) is 10.8. The fraction of sp³-hybridized carbons (Fsp3) is 0.357. The molecule has 0 saturated carbocycles. The van der Waals surface area contributed by atoms with Crippen LogP contribution in [0.25, 0.3) is 0 Å². The zero-order chi connectivity index (χ0) is 12.8. The zero-order valence-corrected chi connectivity index (χ0v) is 10.8. The third-order valence-corrected chi connectivity index (χ3v) is 2.96. The van der Waals surface area contributed by atoms with Gasteiger partial charge in [0.25, 0.3) is 0 Å². The van der Waals surface area contributed by atoms with E-state index in [0.717, 1.165) is 18.5 Å². The molecule has 1 unspecified atom stereocenters. The molecule has 2 heterocycles. The summed E-state index contributed by atoms with van der Waals surface area (Å²) in [5.41, 5.74) is 3.59. The Balaban J connectivity index is 2.41. The van der Waals surface area contributed by atoms with Gasteiger partial charge >= 0.3 is 0 Å². The van der Waals surface area contributed by atoms with E-state index >= 15 is 0 Å². The minimum atomic E-state index is 0.133. The highest BCUT2D eigenvalue weighted by molar-refractivity contribution is 5.33. The maximum Gasteiger partial charge on any atom is 0.115 e. The van der Waals surface area contributed by atoms with Crippen LogP contribution in [0.2, 0.25) is 0 Å². The second-order valence-electron chi connectivity index (χ2n) is 4.09. The monoisotopic (exact) mass is 242 g/mol. The van der Waals surface area contributed by atoms with Crippen molar-refractivity contribution in [1.82, 2.24) is 20.3 Å². The van der Waals surface area contributed by atoms with Crippen LogP contribution in [0.3, 0.4) is 0 Å². The summed E-state index contributed by atoms with van der Waals surface area (Å²) >= 11 is 0. The fourth-order valence-electron chi connectivity index (χ4n) is 2.09. The molecule has 18 heavy (non-hydrogen) atoms. The summed E-state index contributed by atoms with van der Waals surface area (Å²) in [5.74, 6) is 0. The molecule has 0 amide bonds. The van der Waals surface area contributed by atoms with Crippen molar-refractivity contribution in [2.75, 3.05) is 6.54 Å². The first-order valence-corrected chi connectivity index (χ1v) is 6.27. The number of nitrogens with one attached hydrogen (secondary N) is 1. The Morgan fingerprint density at radius 3 is 2.56 bits per heavy atom. The van der Waals surface area contributed by atoms with Crippen LogP contribution in [0.15, 0.2) is 37.2 Å². The Kier molecular flexibility index (Phi) is 4.36. The van der Waals surface area contributed by atoms with E-state index in [0.29, 0.717) is 0 Å². The van der Waals surface area contributed by atoms with Crippen LogP contribution < -0.4 is 5.32 Å². The number of hydrogen-bond acceptors (Lipinski definition) is 4. The largest absolute Gasteiger partial charge is 0.306 e. The van der Waals surface area contributed by atoms with E-state index in [-0.39, 0.29) is 6.04 Å². The third kappa shape index (κ3) is 2.71. The highest BCUT2D eigenvalue weighted by atomic mass is 14.9. The molecule has 2 aromatic heterocycles. The van der Waals surface area contributed by atoms with E-state index in [1.54, 1.807) is 6.33 Å². The fourth-order valence-corrected chi connectivity index (χ4v) is 2.09. The van der Waals surface area contributed by atoms with Gasteiger partial charge in [0.15, 0.2) is 0 Å². The molecule has 2 aromatic rings. The quantitative estimate of drug-likeness (QED) is 0.872. The van der Waals surface area contributed by atoms with Gasteiger partial charge in [0.1, 0.15) is 6.33 Å². The predicted octanol–water partition coefficient (Wildman–Crippen LogP) is 2.13. The van der Waals surface area contributed by atoms with Gasteiger partial charge in [-0.25, -0.2) is 9.97 Å². The number of rotatable bonds is 5. The van der Waals surface area contributed by atoms with Crippen molar-refractivity contribution in [2.45, 2.75) is 26.3 Å². The van der Waals surface area contributed by atoms with Crippen LogP contribution in [0.4, 0.5) is 0 Å². The lowest BCUT2D eigenvalue weighted by Gasteiger charge is -2.20. The number of aryl methyl sites for hydroxylation is 1. The molecule has 2 rings (SSSR count). The van der Waals surface area contributed by atoms with Crippen LogP contribution in [0.1, 0.15) is 36.6 Å². The molecular formula is C14H18N4. The maximum atomic E-state index is 4.19. The third-order valence-electron chi connectivity index (χ3n) is 2.96.